The first-order valence-electron chi connectivity index (χ1n) is 6.08. The topological polar surface area (TPSA) is 58.6 Å². The summed E-state index contributed by atoms with van der Waals surface area (Å²) in [6.45, 7) is 5.51. The van der Waals surface area contributed by atoms with E-state index in [9.17, 15) is 9.90 Å². The molecule has 0 aromatic heterocycles. The van der Waals surface area contributed by atoms with Crippen molar-refractivity contribution in [3.05, 3.63) is 24.3 Å². The molecule has 0 aliphatic carbocycles. The quantitative estimate of drug-likeness (QED) is 0.844. The molecule has 1 rings (SSSR count). The molecule has 0 aliphatic heterocycles. The predicted octanol–water partition coefficient (Wildman–Crippen LogP) is 2.29. The van der Waals surface area contributed by atoms with Crippen LogP contribution in [0.2, 0.25) is 0 Å². The normalized spacial score (nSPS) is 14.1. The lowest BCUT2D eigenvalue weighted by Gasteiger charge is -2.21. The average molecular weight is 251 g/mol. The van der Waals surface area contributed by atoms with Crippen LogP contribution in [0, 0.1) is 11.8 Å². The van der Waals surface area contributed by atoms with Crippen LogP contribution < -0.4 is 10.1 Å². The number of anilines is 1. The molecule has 18 heavy (non-hydrogen) atoms. The molecule has 1 aromatic carbocycles. The van der Waals surface area contributed by atoms with Gasteiger partial charge in [-0.3, -0.25) is 4.79 Å². The minimum atomic E-state index is -0.636. The van der Waals surface area contributed by atoms with Crippen LogP contribution in [-0.4, -0.2) is 24.2 Å². The molecule has 2 atom stereocenters. The number of nitrogens with one attached hydrogen (secondary N) is 1. The van der Waals surface area contributed by atoms with E-state index < -0.39 is 12.0 Å². The Morgan fingerprint density at radius 2 is 1.78 bits per heavy atom. The molecule has 1 aromatic rings. The zero-order valence-corrected chi connectivity index (χ0v) is 11.3. The Kier molecular flexibility index (Phi) is 5.16. The fraction of sp³-hybridized carbons (Fsp3) is 0.500. The van der Waals surface area contributed by atoms with Gasteiger partial charge in [0.15, 0.2) is 0 Å². The van der Waals surface area contributed by atoms with Gasteiger partial charge >= 0.3 is 0 Å². The number of benzene rings is 1. The van der Waals surface area contributed by atoms with Crippen LogP contribution >= 0.6 is 0 Å². The molecule has 0 bridgehead atoms. The van der Waals surface area contributed by atoms with Crippen molar-refractivity contribution in [1.82, 2.24) is 0 Å². The first-order chi connectivity index (χ1) is 8.45. The second-order valence-electron chi connectivity index (χ2n) is 4.74. The van der Waals surface area contributed by atoms with Crippen LogP contribution in [0.15, 0.2) is 24.3 Å². The van der Waals surface area contributed by atoms with Crippen molar-refractivity contribution in [2.24, 2.45) is 11.8 Å². The number of ether oxygens (including phenoxy) is 1. The monoisotopic (exact) mass is 251 g/mol. The van der Waals surface area contributed by atoms with Gasteiger partial charge in [0.1, 0.15) is 5.75 Å². The molecule has 100 valence electrons. The van der Waals surface area contributed by atoms with E-state index in [-0.39, 0.29) is 11.8 Å². The molecular formula is C14H21NO3. The molecule has 4 nitrogen and oxygen atoms in total. The Morgan fingerprint density at radius 3 is 2.22 bits per heavy atom. The molecule has 1 amide bonds. The Hall–Kier alpha value is -1.55. The third-order valence-corrected chi connectivity index (χ3v) is 2.97. The lowest BCUT2D eigenvalue weighted by atomic mass is 9.94. The molecule has 0 aliphatic rings. The summed E-state index contributed by atoms with van der Waals surface area (Å²) in [4.78, 5) is 11.9. The standard InChI is InChI=1S/C14H21NO3/c1-9(2)13(16)10(3)14(17)15-11-5-7-12(18-4)8-6-11/h5-10,13,16H,1-4H3,(H,15,17)/t10-,13-/m1/s1. The third kappa shape index (κ3) is 3.74. The van der Waals surface area contributed by atoms with Crippen molar-refractivity contribution >= 4 is 11.6 Å². The van der Waals surface area contributed by atoms with E-state index in [1.165, 1.54) is 0 Å². The van der Waals surface area contributed by atoms with Crippen LogP contribution in [0.25, 0.3) is 0 Å². The number of amides is 1. The largest absolute Gasteiger partial charge is 0.497 e. The van der Waals surface area contributed by atoms with Gasteiger partial charge in [-0.2, -0.15) is 0 Å². The first-order valence-corrected chi connectivity index (χ1v) is 6.08. The van der Waals surface area contributed by atoms with E-state index in [0.29, 0.717) is 5.69 Å². The van der Waals surface area contributed by atoms with Crippen LogP contribution in [0.4, 0.5) is 5.69 Å². The van der Waals surface area contributed by atoms with Gasteiger partial charge in [0.2, 0.25) is 5.91 Å². The Morgan fingerprint density at radius 1 is 1.22 bits per heavy atom. The second-order valence-corrected chi connectivity index (χ2v) is 4.74. The molecule has 0 saturated carbocycles. The summed E-state index contributed by atoms with van der Waals surface area (Å²) in [5, 5.41) is 12.6. The molecule has 0 radical (unpaired) electrons. The minimum absolute atomic E-state index is 0.0571. The predicted molar refractivity (Wildman–Crippen MR) is 71.6 cm³/mol. The second kappa shape index (κ2) is 6.40. The highest BCUT2D eigenvalue weighted by Crippen LogP contribution is 2.18. The molecule has 4 heteroatoms. The van der Waals surface area contributed by atoms with Crippen LogP contribution in [0.1, 0.15) is 20.8 Å². The number of methoxy groups -OCH3 is 1. The Bertz CT molecular complexity index is 387. The fourth-order valence-corrected chi connectivity index (χ4v) is 1.66. The van der Waals surface area contributed by atoms with Crippen molar-refractivity contribution in [3.8, 4) is 5.75 Å². The van der Waals surface area contributed by atoms with Gasteiger partial charge in [0, 0.05) is 5.69 Å². The van der Waals surface area contributed by atoms with Crippen LogP contribution in [0.3, 0.4) is 0 Å². The van der Waals surface area contributed by atoms with Crippen molar-refractivity contribution in [3.63, 3.8) is 0 Å². The number of carbonyl (C=O) groups is 1. The number of carbonyl (C=O) groups excluding carboxylic acids is 1. The molecule has 0 fully saturated rings. The minimum Gasteiger partial charge on any atom is -0.497 e. The van der Waals surface area contributed by atoms with Crippen molar-refractivity contribution in [1.29, 1.82) is 0 Å². The van der Waals surface area contributed by atoms with Crippen LogP contribution in [0.5, 0.6) is 5.75 Å². The molecular weight excluding hydrogens is 230 g/mol. The maximum Gasteiger partial charge on any atom is 0.229 e. The highest BCUT2D eigenvalue weighted by molar-refractivity contribution is 5.92. The molecule has 0 heterocycles. The summed E-state index contributed by atoms with van der Waals surface area (Å²) in [6, 6.07) is 7.09. The summed E-state index contributed by atoms with van der Waals surface area (Å²) < 4.78 is 5.04. The smallest absolute Gasteiger partial charge is 0.229 e. The summed E-state index contributed by atoms with van der Waals surface area (Å²) in [5.41, 5.74) is 0.698. The van der Waals surface area contributed by atoms with Crippen molar-refractivity contribution < 1.29 is 14.6 Å². The van der Waals surface area contributed by atoms with E-state index in [1.807, 2.05) is 13.8 Å². The van der Waals surface area contributed by atoms with Gasteiger partial charge in [-0.1, -0.05) is 20.8 Å². The van der Waals surface area contributed by atoms with Crippen molar-refractivity contribution in [2.45, 2.75) is 26.9 Å². The first kappa shape index (κ1) is 14.5. The maximum absolute atomic E-state index is 11.9. The number of hydrogen-bond donors (Lipinski definition) is 2. The SMILES string of the molecule is COc1ccc(NC(=O)[C@H](C)[C@H](O)C(C)C)cc1. The zero-order chi connectivity index (χ0) is 13.7. The van der Waals surface area contributed by atoms with E-state index in [4.69, 9.17) is 4.74 Å². The maximum atomic E-state index is 11.9. The number of aliphatic hydroxyl groups is 1. The summed E-state index contributed by atoms with van der Waals surface area (Å²) in [6.07, 6.45) is -0.636. The number of rotatable bonds is 5. The van der Waals surface area contributed by atoms with Crippen molar-refractivity contribution in [2.75, 3.05) is 12.4 Å². The Labute approximate surface area is 108 Å². The molecule has 0 saturated heterocycles. The lowest BCUT2D eigenvalue weighted by Crippen LogP contribution is -2.33. The van der Waals surface area contributed by atoms with Crippen LogP contribution in [-0.2, 0) is 4.79 Å². The van der Waals surface area contributed by atoms with Gasteiger partial charge in [-0.05, 0) is 30.2 Å². The van der Waals surface area contributed by atoms with Gasteiger partial charge in [-0.15, -0.1) is 0 Å². The van der Waals surface area contributed by atoms with Gasteiger partial charge < -0.3 is 15.2 Å². The van der Waals surface area contributed by atoms with E-state index in [2.05, 4.69) is 5.32 Å². The van der Waals surface area contributed by atoms with E-state index >= 15 is 0 Å². The highest BCUT2D eigenvalue weighted by Gasteiger charge is 2.24. The summed E-state index contributed by atoms with van der Waals surface area (Å²) >= 11 is 0. The average Bonchev–Trinajstić information content (AvgIpc) is 2.37. The zero-order valence-electron chi connectivity index (χ0n) is 11.3. The third-order valence-electron chi connectivity index (χ3n) is 2.97. The summed E-state index contributed by atoms with van der Waals surface area (Å²) in [5.74, 6) is 0.179. The van der Waals surface area contributed by atoms with Gasteiger partial charge in [0.25, 0.3) is 0 Å². The lowest BCUT2D eigenvalue weighted by molar-refractivity contribution is -0.123. The fourth-order valence-electron chi connectivity index (χ4n) is 1.66. The summed E-state index contributed by atoms with van der Waals surface area (Å²) in [7, 11) is 1.59. The van der Waals surface area contributed by atoms with E-state index in [0.717, 1.165) is 5.75 Å². The van der Waals surface area contributed by atoms with Gasteiger partial charge in [0.05, 0.1) is 19.1 Å². The Balaban J connectivity index is 2.63. The molecule has 0 spiro atoms. The highest BCUT2D eigenvalue weighted by atomic mass is 16.5. The number of aliphatic hydroxyl groups excluding tert-OH is 1. The van der Waals surface area contributed by atoms with Gasteiger partial charge in [-0.25, -0.2) is 0 Å². The molecule has 0 unspecified atom stereocenters. The number of hydrogen-bond acceptors (Lipinski definition) is 3. The van der Waals surface area contributed by atoms with E-state index in [1.54, 1.807) is 38.3 Å². The molecule has 2 N–H and O–H groups in total.